The second-order valence-corrected chi connectivity index (χ2v) is 7.20. The fraction of sp³-hybridized carbons (Fsp3) is 0.0833. The molecule has 0 bridgehead atoms. The van der Waals surface area contributed by atoms with Crippen molar-refractivity contribution in [2.75, 3.05) is 5.73 Å². The summed E-state index contributed by atoms with van der Waals surface area (Å²) in [5, 5.41) is 0. The Balaban J connectivity index is 2.26. The van der Waals surface area contributed by atoms with Gasteiger partial charge in [0.05, 0.1) is 19.7 Å². The largest absolute Gasteiger partial charge is 0.399 e. The minimum atomic E-state index is 0.755. The minimum Gasteiger partial charge on any atom is -0.399 e. The van der Waals surface area contributed by atoms with Crippen LogP contribution in [0, 0.1) is 0 Å². The third-order valence-electron chi connectivity index (χ3n) is 2.77. The van der Waals surface area contributed by atoms with Gasteiger partial charge in [-0.3, -0.25) is 0 Å². The summed E-state index contributed by atoms with van der Waals surface area (Å²) in [5.41, 5.74) is 8.58. The van der Waals surface area contributed by atoms with Crippen molar-refractivity contribution in [3.8, 4) is 10.7 Å². The number of aromatic nitrogens is 2. The van der Waals surface area contributed by atoms with Crippen LogP contribution in [0.25, 0.3) is 21.7 Å². The topological polar surface area (TPSA) is 43.8 Å². The molecule has 2 heterocycles. The molecule has 2 N–H and O–H groups in total. The number of hydrogen-bond acceptors (Lipinski definition) is 3. The fourth-order valence-corrected chi connectivity index (χ4v) is 3.95. The number of fused-ring (bicyclic) bond motifs is 1. The zero-order valence-electron chi connectivity index (χ0n) is 9.45. The first kappa shape index (κ1) is 12.2. The standard InChI is InChI=1S/C12H9Br2N3S/c1-17-9-4-6(15)2-3-8(9)16-12(17)10-5-7(13)11(14)18-10/h2-5H,15H2,1H3. The van der Waals surface area contributed by atoms with Crippen LogP contribution in [0.1, 0.15) is 0 Å². The molecule has 0 unspecified atom stereocenters. The number of hydrogen-bond donors (Lipinski definition) is 1. The van der Waals surface area contributed by atoms with Crippen LogP contribution < -0.4 is 5.73 Å². The average molecular weight is 387 g/mol. The monoisotopic (exact) mass is 385 g/mol. The SMILES string of the molecule is Cn1c(-c2cc(Br)c(Br)s2)nc2ccc(N)cc21. The second-order valence-electron chi connectivity index (χ2n) is 3.97. The number of aryl methyl sites for hydroxylation is 1. The van der Waals surface area contributed by atoms with Crippen LogP contribution in [0.2, 0.25) is 0 Å². The van der Waals surface area contributed by atoms with Gasteiger partial charge in [-0.1, -0.05) is 0 Å². The van der Waals surface area contributed by atoms with Crippen LogP contribution in [0.5, 0.6) is 0 Å². The predicted octanol–water partition coefficient (Wildman–Crippen LogP) is 4.41. The zero-order valence-corrected chi connectivity index (χ0v) is 13.4. The quantitative estimate of drug-likeness (QED) is 0.629. The highest BCUT2D eigenvalue weighted by Gasteiger charge is 2.13. The maximum absolute atomic E-state index is 5.82. The molecule has 3 nitrogen and oxygen atoms in total. The highest BCUT2D eigenvalue weighted by Crippen LogP contribution is 2.38. The van der Waals surface area contributed by atoms with Crippen molar-refractivity contribution in [1.82, 2.24) is 9.55 Å². The van der Waals surface area contributed by atoms with Gasteiger partial charge in [-0.25, -0.2) is 4.98 Å². The second kappa shape index (κ2) is 4.36. The minimum absolute atomic E-state index is 0.755. The molecule has 3 aromatic rings. The van der Waals surface area contributed by atoms with E-state index in [-0.39, 0.29) is 0 Å². The molecule has 0 saturated heterocycles. The Morgan fingerprint density at radius 3 is 2.72 bits per heavy atom. The van der Waals surface area contributed by atoms with Crippen molar-refractivity contribution < 1.29 is 0 Å². The van der Waals surface area contributed by atoms with Crippen molar-refractivity contribution >= 4 is 59.9 Å². The normalized spacial score (nSPS) is 11.3. The highest BCUT2D eigenvalue weighted by molar-refractivity contribution is 9.13. The number of rotatable bonds is 1. The van der Waals surface area contributed by atoms with Gasteiger partial charge >= 0.3 is 0 Å². The van der Waals surface area contributed by atoms with Crippen LogP contribution in [-0.2, 0) is 7.05 Å². The molecule has 0 atom stereocenters. The van der Waals surface area contributed by atoms with Gasteiger partial charge in [-0.2, -0.15) is 0 Å². The van der Waals surface area contributed by atoms with E-state index in [1.54, 1.807) is 11.3 Å². The van der Waals surface area contributed by atoms with Crippen molar-refractivity contribution in [2.45, 2.75) is 0 Å². The molecule has 0 aliphatic heterocycles. The Morgan fingerprint density at radius 2 is 2.06 bits per heavy atom. The van der Waals surface area contributed by atoms with Crippen molar-refractivity contribution in [2.24, 2.45) is 7.05 Å². The van der Waals surface area contributed by atoms with Crippen molar-refractivity contribution in [1.29, 1.82) is 0 Å². The molecule has 92 valence electrons. The van der Waals surface area contributed by atoms with E-state index < -0.39 is 0 Å². The molecule has 0 spiro atoms. The number of thiophene rings is 1. The molecule has 0 amide bonds. The molecule has 0 saturated carbocycles. The smallest absolute Gasteiger partial charge is 0.151 e. The summed E-state index contributed by atoms with van der Waals surface area (Å²) in [4.78, 5) is 5.77. The molecule has 18 heavy (non-hydrogen) atoms. The molecule has 3 rings (SSSR count). The van der Waals surface area contributed by atoms with E-state index in [4.69, 9.17) is 5.73 Å². The molecular formula is C12H9Br2N3S. The molecule has 0 radical (unpaired) electrons. The first-order chi connectivity index (χ1) is 8.56. The zero-order chi connectivity index (χ0) is 12.9. The first-order valence-electron chi connectivity index (χ1n) is 5.23. The van der Waals surface area contributed by atoms with E-state index in [1.807, 2.05) is 25.2 Å². The van der Waals surface area contributed by atoms with Gasteiger partial charge in [0.25, 0.3) is 0 Å². The van der Waals surface area contributed by atoms with Gasteiger partial charge in [-0.15, -0.1) is 11.3 Å². The van der Waals surface area contributed by atoms with E-state index in [0.29, 0.717) is 0 Å². The Labute approximate surface area is 125 Å². The maximum Gasteiger partial charge on any atom is 0.151 e. The van der Waals surface area contributed by atoms with Crippen LogP contribution in [-0.4, -0.2) is 9.55 Å². The maximum atomic E-state index is 5.82. The third-order valence-corrected chi connectivity index (χ3v) is 6.02. The average Bonchev–Trinajstić information content (AvgIpc) is 2.82. The van der Waals surface area contributed by atoms with Crippen LogP contribution in [0.3, 0.4) is 0 Å². The number of imidazole rings is 1. The Hall–Kier alpha value is -0.850. The van der Waals surface area contributed by atoms with Crippen LogP contribution >= 0.6 is 43.2 Å². The molecule has 2 aromatic heterocycles. The lowest BCUT2D eigenvalue weighted by atomic mass is 10.3. The van der Waals surface area contributed by atoms with Gasteiger partial charge in [0.1, 0.15) is 0 Å². The summed E-state index contributed by atoms with van der Waals surface area (Å²) in [6.07, 6.45) is 0. The molecule has 0 aliphatic rings. The van der Waals surface area contributed by atoms with E-state index in [1.165, 1.54) is 0 Å². The molecular weight excluding hydrogens is 378 g/mol. The summed E-state index contributed by atoms with van der Waals surface area (Å²) in [6, 6.07) is 7.84. The Kier molecular flexibility index (Phi) is 2.96. The summed E-state index contributed by atoms with van der Waals surface area (Å²) in [6.45, 7) is 0. The van der Waals surface area contributed by atoms with Gasteiger partial charge in [-0.05, 0) is 56.1 Å². The number of nitrogen functional groups attached to an aromatic ring is 1. The van der Waals surface area contributed by atoms with Crippen molar-refractivity contribution in [3.05, 3.63) is 32.5 Å². The van der Waals surface area contributed by atoms with Crippen LogP contribution in [0.15, 0.2) is 32.5 Å². The lowest BCUT2D eigenvalue weighted by Gasteiger charge is -1.99. The number of halogens is 2. The summed E-state index contributed by atoms with van der Waals surface area (Å²) >= 11 is 8.66. The lowest BCUT2D eigenvalue weighted by molar-refractivity contribution is 0.963. The van der Waals surface area contributed by atoms with Gasteiger partial charge in [0.2, 0.25) is 0 Å². The Bertz CT molecular complexity index is 726. The van der Waals surface area contributed by atoms with Gasteiger partial charge in [0, 0.05) is 17.2 Å². The van der Waals surface area contributed by atoms with Gasteiger partial charge < -0.3 is 10.3 Å². The fourth-order valence-electron chi connectivity index (χ4n) is 1.88. The van der Waals surface area contributed by atoms with E-state index in [0.717, 1.165) is 35.7 Å². The van der Waals surface area contributed by atoms with E-state index in [2.05, 4.69) is 47.5 Å². The highest BCUT2D eigenvalue weighted by atomic mass is 79.9. The molecule has 0 fully saturated rings. The third kappa shape index (κ3) is 1.88. The number of anilines is 1. The predicted molar refractivity (Wildman–Crippen MR) is 83.8 cm³/mol. The van der Waals surface area contributed by atoms with E-state index >= 15 is 0 Å². The number of nitrogens with zero attached hydrogens (tertiary/aromatic N) is 2. The first-order valence-corrected chi connectivity index (χ1v) is 7.63. The van der Waals surface area contributed by atoms with Crippen LogP contribution in [0.4, 0.5) is 5.69 Å². The number of benzene rings is 1. The van der Waals surface area contributed by atoms with E-state index in [9.17, 15) is 0 Å². The van der Waals surface area contributed by atoms with Gasteiger partial charge in [0.15, 0.2) is 5.82 Å². The lowest BCUT2D eigenvalue weighted by Crippen LogP contribution is -1.91. The summed E-state index contributed by atoms with van der Waals surface area (Å²) in [5.74, 6) is 0.951. The Morgan fingerprint density at radius 1 is 1.28 bits per heavy atom. The van der Waals surface area contributed by atoms with Crippen molar-refractivity contribution in [3.63, 3.8) is 0 Å². The molecule has 6 heteroatoms. The molecule has 0 aliphatic carbocycles. The molecule has 1 aromatic carbocycles. The summed E-state index contributed by atoms with van der Waals surface area (Å²) in [7, 11) is 2.01. The summed E-state index contributed by atoms with van der Waals surface area (Å²) < 4.78 is 4.19. The number of nitrogens with two attached hydrogens (primary N) is 1.